The number of urea groups is 1. The van der Waals surface area contributed by atoms with Gasteiger partial charge in [0.05, 0.1) is 29.7 Å². The first-order valence-electron chi connectivity index (χ1n) is 14.2. The number of benzene rings is 3. The number of rotatable bonds is 11. The normalized spacial score (nSPS) is 13.9. The lowest BCUT2D eigenvalue weighted by Gasteiger charge is -2.39. The fourth-order valence-electron chi connectivity index (χ4n) is 4.98. The Bertz CT molecular complexity index is 1520. The summed E-state index contributed by atoms with van der Waals surface area (Å²) in [5.74, 6) is -0.309. The van der Waals surface area contributed by atoms with Gasteiger partial charge in [0.2, 0.25) is 15.9 Å². The molecule has 4 rings (SSSR count). The Morgan fingerprint density at radius 2 is 1.65 bits per heavy atom. The highest BCUT2D eigenvalue weighted by molar-refractivity contribution is 7.89. The second-order valence-corrected chi connectivity index (χ2v) is 12.4. The van der Waals surface area contributed by atoms with Crippen LogP contribution in [0.2, 0.25) is 0 Å². The Balaban J connectivity index is 1.49. The first-order chi connectivity index (χ1) is 20.7. The second-order valence-electron chi connectivity index (χ2n) is 10.5. The van der Waals surface area contributed by atoms with E-state index in [2.05, 4.69) is 11.4 Å². The number of likely N-dealkylation sites (tertiary alicyclic amines) is 1. The molecular formula is C32H37N5O5S. The molecule has 1 N–H and O–H groups in total. The third kappa shape index (κ3) is 8.41. The highest BCUT2D eigenvalue weighted by atomic mass is 32.2. The number of ether oxygens (including phenoxy) is 1. The summed E-state index contributed by atoms with van der Waals surface area (Å²) in [6.45, 7) is 3.03. The van der Waals surface area contributed by atoms with Gasteiger partial charge in [-0.2, -0.15) is 9.57 Å². The van der Waals surface area contributed by atoms with E-state index in [0.29, 0.717) is 43.7 Å². The summed E-state index contributed by atoms with van der Waals surface area (Å²) in [6.07, 6.45) is 1.09. The summed E-state index contributed by atoms with van der Waals surface area (Å²) in [5, 5.41) is 11.9. The molecule has 1 aliphatic rings. The van der Waals surface area contributed by atoms with Gasteiger partial charge in [0, 0.05) is 45.0 Å². The van der Waals surface area contributed by atoms with E-state index in [1.807, 2.05) is 31.2 Å². The largest absolute Gasteiger partial charge is 0.383 e. The number of hydrogen-bond donors (Lipinski definition) is 1. The number of hydrogen-bond acceptors (Lipinski definition) is 6. The number of nitrogens with zero attached hydrogens (tertiary/aromatic N) is 4. The van der Waals surface area contributed by atoms with Gasteiger partial charge in [-0.1, -0.05) is 48.0 Å². The van der Waals surface area contributed by atoms with Crippen molar-refractivity contribution in [2.24, 2.45) is 0 Å². The SMILES string of the molecule is COCCN(CC(=O)N(Cc1ccc(C)cc1)C1CCN(C(=O)Nc2ccc(C#N)cc2)CC1)S(=O)(=O)c1ccccc1. The minimum absolute atomic E-state index is 0.0335. The van der Waals surface area contributed by atoms with E-state index < -0.39 is 10.0 Å². The number of nitriles is 1. The predicted octanol–water partition coefficient (Wildman–Crippen LogP) is 4.23. The second kappa shape index (κ2) is 14.8. The number of aryl methyl sites for hydroxylation is 1. The van der Waals surface area contributed by atoms with E-state index in [4.69, 9.17) is 10.00 Å². The number of methoxy groups -OCH3 is 1. The number of amides is 3. The quantitative estimate of drug-likeness (QED) is 0.350. The Kier molecular flexibility index (Phi) is 10.9. The molecule has 10 nitrogen and oxygen atoms in total. The van der Waals surface area contributed by atoms with Gasteiger partial charge in [0.25, 0.3) is 0 Å². The molecule has 3 aromatic rings. The molecule has 3 aromatic carbocycles. The number of carbonyl (C=O) groups excluding carboxylic acids is 2. The lowest BCUT2D eigenvalue weighted by atomic mass is 10.0. The van der Waals surface area contributed by atoms with Crippen LogP contribution in [0.25, 0.3) is 0 Å². The molecule has 0 radical (unpaired) electrons. The summed E-state index contributed by atoms with van der Waals surface area (Å²) in [4.78, 5) is 30.4. The summed E-state index contributed by atoms with van der Waals surface area (Å²) in [5.41, 5.74) is 3.14. The molecule has 0 unspecified atom stereocenters. The van der Waals surface area contributed by atoms with Crippen LogP contribution in [0.3, 0.4) is 0 Å². The summed E-state index contributed by atoms with van der Waals surface area (Å²) >= 11 is 0. The Hall–Kier alpha value is -4.24. The van der Waals surface area contributed by atoms with E-state index in [1.165, 1.54) is 23.5 Å². The van der Waals surface area contributed by atoms with Crippen LogP contribution in [-0.2, 0) is 26.1 Å². The van der Waals surface area contributed by atoms with Crippen molar-refractivity contribution >= 4 is 27.6 Å². The van der Waals surface area contributed by atoms with Crippen molar-refractivity contribution in [3.8, 4) is 6.07 Å². The topological polar surface area (TPSA) is 123 Å². The summed E-state index contributed by atoms with van der Waals surface area (Å²) < 4.78 is 33.4. The molecule has 0 aliphatic carbocycles. The van der Waals surface area contributed by atoms with E-state index in [9.17, 15) is 18.0 Å². The zero-order valence-electron chi connectivity index (χ0n) is 24.5. The van der Waals surface area contributed by atoms with Crippen LogP contribution >= 0.6 is 0 Å². The highest BCUT2D eigenvalue weighted by Gasteiger charge is 2.33. The maximum atomic E-state index is 13.9. The van der Waals surface area contributed by atoms with E-state index in [1.54, 1.807) is 52.3 Å². The average molecular weight is 604 g/mol. The van der Waals surface area contributed by atoms with Gasteiger partial charge >= 0.3 is 6.03 Å². The van der Waals surface area contributed by atoms with Crippen molar-refractivity contribution in [3.05, 3.63) is 95.6 Å². The first kappa shape index (κ1) is 31.7. The Morgan fingerprint density at radius 3 is 2.26 bits per heavy atom. The van der Waals surface area contributed by atoms with Crippen LogP contribution < -0.4 is 5.32 Å². The van der Waals surface area contributed by atoms with Gasteiger partial charge in [-0.15, -0.1) is 0 Å². The third-order valence-corrected chi connectivity index (χ3v) is 9.35. The van der Waals surface area contributed by atoms with Crippen molar-refractivity contribution in [3.63, 3.8) is 0 Å². The Morgan fingerprint density at radius 1 is 1.00 bits per heavy atom. The van der Waals surface area contributed by atoms with Crippen LogP contribution in [0, 0.1) is 18.3 Å². The lowest BCUT2D eigenvalue weighted by Crippen LogP contribution is -2.52. The summed E-state index contributed by atoms with van der Waals surface area (Å²) in [7, 11) is -2.45. The highest BCUT2D eigenvalue weighted by Crippen LogP contribution is 2.23. The molecule has 0 saturated carbocycles. The average Bonchev–Trinajstić information content (AvgIpc) is 3.03. The van der Waals surface area contributed by atoms with Crippen molar-refractivity contribution in [1.29, 1.82) is 5.26 Å². The van der Waals surface area contributed by atoms with Crippen molar-refractivity contribution in [1.82, 2.24) is 14.1 Å². The van der Waals surface area contributed by atoms with Gasteiger partial charge in [0.15, 0.2) is 0 Å². The Labute approximate surface area is 253 Å². The number of anilines is 1. The minimum Gasteiger partial charge on any atom is -0.383 e. The fraction of sp³-hybridized carbons (Fsp3) is 0.344. The maximum absolute atomic E-state index is 13.9. The molecule has 1 heterocycles. The van der Waals surface area contributed by atoms with Gasteiger partial charge < -0.3 is 19.9 Å². The molecule has 226 valence electrons. The van der Waals surface area contributed by atoms with E-state index in [0.717, 1.165) is 11.1 Å². The molecule has 43 heavy (non-hydrogen) atoms. The third-order valence-electron chi connectivity index (χ3n) is 7.49. The van der Waals surface area contributed by atoms with Crippen molar-refractivity contribution < 1.29 is 22.7 Å². The van der Waals surface area contributed by atoms with Gasteiger partial charge in [0.1, 0.15) is 0 Å². The minimum atomic E-state index is -3.94. The molecule has 1 saturated heterocycles. The van der Waals surface area contributed by atoms with Crippen LogP contribution in [0.4, 0.5) is 10.5 Å². The van der Waals surface area contributed by atoms with E-state index in [-0.39, 0.29) is 42.6 Å². The zero-order chi connectivity index (χ0) is 30.8. The van der Waals surface area contributed by atoms with Crippen LogP contribution in [0.1, 0.15) is 29.5 Å². The maximum Gasteiger partial charge on any atom is 0.321 e. The molecule has 1 aliphatic heterocycles. The van der Waals surface area contributed by atoms with Gasteiger partial charge in [-0.05, 0) is 61.7 Å². The molecule has 0 spiro atoms. The standard InChI is InChI=1S/C32H37N5O5S/c1-25-8-10-27(11-9-25)23-37(31(38)24-36(20-21-42-2)43(40,41)30-6-4-3-5-7-30)29-16-18-35(19-17-29)32(39)34-28-14-12-26(22-33)13-15-28/h3-15,29H,16-21,23-24H2,1-2H3,(H,34,39). The van der Waals surface area contributed by atoms with Crippen molar-refractivity contribution in [2.75, 3.05) is 45.2 Å². The number of nitrogens with one attached hydrogen (secondary N) is 1. The molecule has 11 heteroatoms. The first-order valence-corrected chi connectivity index (χ1v) is 15.6. The number of piperidine rings is 1. The molecule has 0 atom stereocenters. The molecule has 0 aromatic heterocycles. The summed E-state index contributed by atoms with van der Waals surface area (Å²) in [6, 6.07) is 24.3. The number of carbonyl (C=O) groups is 2. The number of sulfonamides is 1. The molecular weight excluding hydrogens is 566 g/mol. The predicted molar refractivity (Wildman–Crippen MR) is 164 cm³/mol. The van der Waals surface area contributed by atoms with Gasteiger partial charge in [-0.3, -0.25) is 4.79 Å². The molecule has 3 amide bonds. The monoisotopic (exact) mass is 603 g/mol. The lowest BCUT2D eigenvalue weighted by molar-refractivity contribution is -0.135. The fourth-order valence-corrected chi connectivity index (χ4v) is 6.38. The smallest absolute Gasteiger partial charge is 0.321 e. The van der Waals surface area contributed by atoms with Gasteiger partial charge in [-0.25, -0.2) is 13.2 Å². The van der Waals surface area contributed by atoms with Crippen LogP contribution in [-0.4, -0.2) is 80.4 Å². The van der Waals surface area contributed by atoms with Crippen LogP contribution in [0.5, 0.6) is 0 Å². The van der Waals surface area contributed by atoms with Crippen molar-refractivity contribution in [2.45, 2.75) is 37.2 Å². The molecule has 0 bridgehead atoms. The zero-order valence-corrected chi connectivity index (χ0v) is 25.3. The van der Waals surface area contributed by atoms with Crippen LogP contribution in [0.15, 0.2) is 83.8 Å². The van der Waals surface area contributed by atoms with E-state index >= 15 is 0 Å². The molecule has 1 fully saturated rings.